The van der Waals surface area contributed by atoms with E-state index in [2.05, 4.69) is 5.32 Å². The Morgan fingerprint density at radius 1 is 1.67 bits per heavy atom. The number of amides is 1. The van der Waals surface area contributed by atoms with Crippen molar-refractivity contribution < 1.29 is 9.90 Å². The van der Waals surface area contributed by atoms with Gasteiger partial charge in [-0.25, -0.2) is 0 Å². The van der Waals surface area contributed by atoms with Crippen molar-refractivity contribution in [3.05, 3.63) is 0 Å². The van der Waals surface area contributed by atoms with E-state index in [9.17, 15) is 4.79 Å². The van der Waals surface area contributed by atoms with Gasteiger partial charge in [0, 0.05) is 6.54 Å². The molecule has 1 unspecified atom stereocenters. The fourth-order valence-electron chi connectivity index (χ4n) is 0.721. The summed E-state index contributed by atoms with van der Waals surface area (Å²) in [5.74, 6) is -0.141. The van der Waals surface area contributed by atoms with Gasteiger partial charge in [-0.05, 0) is 19.8 Å². The average molecular weight is 174 g/mol. The zero-order chi connectivity index (χ0) is 9.56. The minimum atomic E-state index is -0.418. The Morgan fingerprint density at radius 2 is 2.25 bits per heavy atom. The summed E-state index contributed by atoms with van der Waals surface area (Å²) in [4.78, 5) is 11.0. The van der Waals surface area contributed by atoms with Gasteiger partial charge < -0.3 is 16.2 Å². The van der Waals surface area contributed by atoms with Gasteiger partial charge in [-0.1, -0.05) is 6.92 Å². The van der Waals surface area contributed by atoms with Crippen molar-refractivity contribution >= 4 is 5.91 Å². The zero-order valence-electron chi connectivity index (χ0n) is 7.71. The predicted molar refractivity (Wildman–Crippen MR) is 47.6 cm³/mol. The molecule has 0 aromatic rings. The molecule has 0 aliphatic rings. The molecule has 2 atom stereocenters. The predicted octanol–water partition coefficient (Wildman–Crippen LogP) is -0.389. The Hall–Kier alpha value is -0.610. The van der Waals surface area contributed by atoms with Gasteiger partial charge in [-0.2, -0.15) is 0 Å². The van der Waals surface area contributed by atoms with E-state index in [0.29, 0.717) is 19.4 Å². The summed E-state index contributed by atoms with van der Waals surface area (Å²) in [6.45, 7) is 4.04. The minimum absolute atomic E-state index is 0.141. The molecule has 0 aliphatic heterocycles. The van der Waals surface area contributed by atoms with E-state index in [-0.39, 0.29) is 12.0 Å². The van der Waals surface area contributed by atoms with Crippen LogP contribution in [0.4, 0.5) is 0 Å². The maximum Gasteiger partial charge on any atom is 0.236 e. The molecular formula is C8H18N2O2. The zero-order valence-corrected chi connectivity index (χ0v) is 7.71. The third-order valence-corrected chi connectivity index (χ3v) is 1.64. The lowest BCUT2D eigenvalue weighted by Gasteiger charge is -2.10. The molecule has 0 aromatic heterocycles. The Kier molecular flexibility index (Phi) is 5.66. The van der Waals surface area contributed by atoms with Crippen molar-refractivity contribution in [2.75, 3.05) is 6.54 Å². The van der Waals surface area contributed by atoms with E-state index >= 15 is 0 Å². The first-order valence-electron chi connectivity index (χ1n) is 4.29. The highest BCUT2D eigenvalue weighted by molar-refractivity contribution is 5.81. The van der Waals surface area contributed by atoms with E-state index in [1.54, 1.807) is 6.92 Å². The van der Waals surface area contributed by atoms with E-state index < -0.39 is 6.04 Å². The lowest BCUT2D eigenvalue weighted by Crippen LogP contribution is -2.40. The van der Waals surface area contributed by atoms with Crippen molar-refractivity contribution in [3.63, 3.8) is 0 Å². The highest BCUT2D eigenvalue weighted by atomic mass is 16.3. The van der Waals surface area contributed by atoms with Gasteiger partial charge in [-0.3, -0.25) is 4.79 Å². The Bertz CT molecular complexity index is 137. The summed E-state index contributed by atoms with van der Waals surface area (Å²) in [5.41, 5.74) is 5.46. The first kappa shape index (κ1) is 11.4. The molecule has 4 N–H and O–H groups in total. The number of hydrogen-bond acceptors (Lipinski definition) is 3. The smallest absolute Gasteiger partial charge is 0.236 e. The fraction of sp³-hybridized carbons (Fsp3) is 0.875. The number of rotatable bonds is 5. The molecule has 0 fully saturated rings. The standard InChI is InChI=1S/C8H18N2O2/c1-3-7(9)8(12)10-5-4-6(2)11/h6-7,11H,3-5,9H2,1-2H3,(H,10,12)/t6?,7-/m1/s1. The van der Waals surface area contributed by atoms with Crippen LogP contribution in [0.15, 0.2) is 0 Å². The summed E-state index contributed by atoms with van der Waals surface area (Å²) in [5, 5.41) is 11.5. The molecule has 0 saturated carbocycles. The van der Waals surface area contributed by atoms with Crippen LogP contribution < -0.4 is 11.1 Å². The normalized spacial score (nSPS) is 15.3. The first-order chi connectivity index (χ1) is 5.57. The van der Waals surface area contributed by atoms with Crippen LogP contribution in [0.1, 0.15) is 26.7 Å². The maximum atomic E-state index is 11.0. The van der Waals surface area contributed by atoms with E-state index in [0.717, 1.165) is 0 Å². The number of aliphatic hydroxyl groups excluding tert-OH is 1. The topological polar surface area (TPSA) is 75.4 Å². The third kappa shape index (κ3) is 5.09. The molecular weight excluding hydrogens is 156 g/mol. The van der Waals surface area contributed by atoms with Crippen LogP contribution in [0.2, 0.25) is 0 Å². The summed E-state index contributed by atoms with van der Waals surface area (Å²) < 4.78 is 0. The monoisotopic (exact) mass is 174 g/mol. The van der Waals surface area contributed by atoms with Crippen LogP contribution in [0.3, 0.4) is 0 Å². The van der Waals surface area contributed by atoms with Crippen LogP contribution >= 0.6 is 0 Å². The number of nitrogens with two attached hydrogens (primary N) is 1. The summed E-state index contributed by atoms with van der Waals surface area (Å²) >= 11 is 0. The Morgan fingerprint density at radius 3 is 2.67 bits per heavy atom. The molecule has 0 radical (unpaired) electrons. The molecule has 0 rings (SSSR count). The van der Waals surface area contributed by atoms with Crippen molar-refractivity contribution in [1.82, 2.24) is 5.32 Å². The molecule has 4 heteroatoms. The van der Waals surface area contributed by atoms with Gasteiger partial charge in [0.25, 0.3) is 0 Å². The number of carbonyl (C=O) groups is 1. The van der Waals surface area contributed by atoms with Crippen LogP contribution in [0.5, 0.6) is 0 Å². The Balaban J connectivity index is 3.44. The van der Waals surface area contributed by atoms with Crippen LogP contribution in [0, 0.1) is 0 Å². The fourth-order valence-corrected chi connectivity index (χ4v) is 0.721. The first-order valence-corrected chi connectivity index (χ1v) is 4.29. The summed E-state index contributed by atoms with van der Waals surface area (Å²) in [6.07, 6.45) is 0.839. The van der Waals surface area contributed by atoms with Crippen molar-refractivity contribution in [1.29, 1.82) is 0 Å². The van der Waals surface area contributed by atoms with Crippen LogP contribution in [-0.4, -0.2) is 29.7 Å². The second-order valence-electron chi connectivity index (χ2n) is 2.94. The molecule has 4 nitrogen and oxygen atoms in total. The number of carbonyl (C=O) groups excluding carboxylic acids is 1. The van der Waals surface area contributed by atoms with Crippen molar-refractivity contribution in [2.24, 2.45) is 5.73 Å². The number of hydrogen-bond donors (Lipinski definition) is 3. The largest absolute Gasteiger partial charge is 0.393 e. The molecule has 0 bridgehead atoms. The highest BCUT2D eigenvalue weighted by Crippen LogP contribution is 1.88. The quantitative estimate of drug-likeness (QED) is 0.531. The van der Waals surface area contributed by atoms with Crippen molar-refractivity contribution in [3.8, 4) is 0 Å². The number of nitrogens with one attached hydrogen (secondary N) is 1. The van der Waals surface area contributed by atoms with Crippen LogP contribution in [-0.2, 0) is 4.79 Å². The maximum absolute atomic E-state index is 11.0. The van der Waals surface area contributed by atoms with E-state index in [4.69, 9.17) is 10.8 Å². The molecule has 72 valence electrons. The van der Waals surface area contributed by atoms with E-state index in [1.165, 1.54) is 0 Å². The average Bonchev–Trinajstić information content (AvgIpc) is 2.02. The van der Waals surface area contributed by atoms with Gasteiger partial charge in [0.1, 0.15) is 0 Å². The molecule has 0 aliphatic carbocycles. The van der Waals surface area contributed by atoms with Gasteiger partial charge in [0.15, 0.2) is 0 Å². The van der Waals surface area contributed by atoms with Gasteiger partial charge in [0.05, 0.1) is 12.1 Å². The molecule has 0 heterocycles. The number of aliphatic hydroxyl groups is 1. The molecule has 12 heavy (non-hydrogen) atoms. The summed E-state index contributed by atoms with van der Waals surface area (Å²) in [6, 6.07) is -0.418. The molecule has 0 saturated heterocycles. The summed E-state index contributed by atoms with van der Waals surface area (Å²) in [7, 11) is 0. The highest BCUT2D eigenvalue weighted by Gasteiger charge is 2.09. The molecule has 0 aromatic carbocycles. The third-order valence-electron chi connectivity index (χ3n) is 1.64. The lowest BCUT2D eigenvalue weighted by molar-refractivity contribution is -0.122. The minimum Gasteiger partial charge on any atom is -0.393 e. The second-order valence-corrected chi connectivity index (χ2v) is 2.94. The van der Waals surface area contributed by atoms with Gasteiger partial charge in [0.2, 0.25) is 5.91 Å². The molecule has 1 amide bonds. The van der Waals surface area contributed by atoms with Crippen molar-refractivity contribution in [2.45, 2.75) is 38.8 Å². The van der Waals surface area contributed by atoms with E-state index in [1.807, 2.05) is 6.92 Å². The lowest BCUT2D eigenvalue weighted by atomic mass is 10.2. The molecule has 0 spiro atoms. The van der Waals surface area contributed by atoms with Gasteiger partial charge >= 0.3 is 0 Å². The van der Waals surface area contributed by atoms with Crippen LogP contribution in [0.25, 0.3) is 0 Å². The van der Waals surface area contributed by atoms with Gasteiger partial charge in [-0.15, -0.1) is 0 Å². The Labute approximate surface area is 73.1 Å². The SMILES string of the molecule is CC[C@@H](N)C(=O)NCCC(C)O. The second kappa shape index (κ2) is 5.97.